The average Bonchev–Trinajstić information content (AvgIpc) is 2.71. The summed E-state index contributed by atoms with van der Waals surface area (Å²) in [5.41, 5.74) is 5.70. The van der Waals surface area contributed by atoms with Gasteiger partial charge in [-0.2, -0.15) is 0 Å². The van der Waals surface area contributed by atoms with Crippen molar-refractivity contribution in [2.45, 2.75) is 38.6 Å². The van der Waals surface area contributed by atoms with E-state index in [2.05, 4.69) is 11.8 Å². The summed E-state index contributed by atoms with van der Waals surface area (Å²) in [7, 11) is 0. The van der Waals surface area contributed by atoms with E-state index in [0.717, 1.165) is 24.4 Å². The van der Waals surface area contributed by atoms with E-state index in [1.165, 1.54) is 38.8 Å². The molecule has 0 spiro atoms. The first-order valence-electron chi connectivity index (χ1n) is 5.75. The van der Waals surface area contributed by atoms with Crippen LogP contribution in [0, 0.1) is 11.8 Å². The summed E-state index contributed by atoms with van der Waals surface area (Å²) in [6, 6.07) is 0.886. The first-order valence-corrected chi connectivity index (χ1v) is 5.75. The van der Waals surface area contributed by atoms with E-state index in [1.54, 1.807) is 0 Å². The molecule has 0 aromatic heterocycles. The Morgan fingerprint density at radius 3 is 2.69 bits per heavy atom. The van der Waals surface area contributed by atoms with Gasteiger partial charge in [-0.05, 0) is 44.2 Å². The van der Waals surface area contributed by atoms with Crippen LogP contribution in [0.3, 0.4) is 0 Å². The Balaban J connectivity index is 1.88. The molecule has 76 valence electrons. The lowest BCUT2D eigenvalue weighted by Gasteiger charge is -2.27. The topological polar surface area (TPSA) is 29.3 Å². The van der Waals surface area contributed by atoms with Gasteiger partial charge in [0.1, 0.15) is 0 Å². The quantitative estimate of drug-likeness (QED) is 0.700. The molecule has 3 atom stereocenters. The fourth-order valence-corrected chi connectivity index (χ4v) is 3.02. The van der Waals surface area contributed by atoms with Gasteiger partial charge in [-0.15, -0.1) is 0 Å². The normalized spacial score (nSPS) is 41.5. The van der Waals surface area contributed by atoms with Gasteiger partial charge < -0.3 is 5.73 Å². The van der Waals surface area contributed by atoms with Crippen LogP contribution in [0.5, 0.6) is 0 Å². The molecule has 1 aliphatic heterocycles. The monoisotopic (exact) mass is 182 g/mol. The zero-order valence-electron chi connectivity index (χ0n) is 8.71. The van der Waals surface area contributed by atoms with Gasteiger partial charge in [0, 0.05) is 12.6 Å². The zero-order chi connectivity index (χ0) is 9.26. The summed E-state index contributed by atoms with van der Waals surface area (Å²) in [6.07, 6.45) is 5.64. The van der Waals surface area contributed by atoms with Crippen LogP contribution in [-0.4, -0.2) is 30.6 Å². The van der Waals surface area contributed by atoms with E-state index in [1.807, 2.05) is 0 Å². The maximum Gasteiger partial charge on any atom is 0.0121 e. The Labute approximate surface area is 81.5 Å². The van der Waals surface area contributed by atoms with Crippen molar-refractivity contribution in [3.63, 3.8) is 0 Å². The number of rotatable bonds is 2. The fourth-order valence-electron chi connectivity index (χ4n) is 3.02. The predicted molar refractivity (Wildman–Crippen MR) is 55.5 cm³/mol. The molecule has 1 saturated heterocycles. The Bertz CT molecular complexity index is 169. The minimum atomic E-state index is 0.785. The summed E-state index contributed by atoms with van der Waals surface area (Å²) >= 11 is 0. The van der Waals surface area contributed by atoms with Crippen molar-refractivity contribution >= 4 is 0 Å². The fraction of sp³-hybridized carbons (Fsp3) is 1.00. The molecule has 0 aromatic carbocycles. The SMILES string of the molecule is CC1CCCC1N1CCC(CN)C1. The summed E-state index contributed by atoms with van der Waals surface area (Å²) in [5.74, 6) is 1.71. The molecule has 2 fully saturated rings. The lowest BCUT2D eigenvalue weighted by molar-refractivity contribution is 0.199. The highest BCUT2D eigenvalue weighted by molar-refractivity contribution is 4.87. The Hall–Kier alpha value is -0.0800. The first-order chi connectivity index (χ1) is 6.31. The van der Waals surface area contributed by atoms with E-state index >= 15 is 0 Å². The van der Waals surface area contributed by atoms with Crippen molar-refractivity contribution in [1.82, 2.24) is 4.90 Å². The van der Waals surface area contributed by atoms with E-state index in [4.69, 9.17) is 5.73 Å². The number of hydrogen-bond acceptors (Lipinski definition) is 2. The minimum Gasteiger partial charge on any atom is -0.330 e. The molecule has 2 N–H and O–H groups in total. The Morgan fingerprint density at radius 1 is 1.31 bits per heavy atom. The van der Waals surface area contributed by atoms with Gasteiger partial charge in [0.2, 0.25) is 0 Å². The summed E-state index contributed by atoms with van der Waals surface area (Å²) in [4.78, 5) is 2.69. The van der Waals surface area contributed by atoms with E-state index in [9.17, 15) is 0 Å². The molecule has 2 aliphatic rings. The van der Waals surface area contributed by atoms with Gasteiger partial charge in [0.05, 0.1) is 0 Å². The lowest BCUT2D eigenvalue weighted by atomic mass is 10.1. The molecule has 1 heterocycles. The molecule has 0 bridgehead atoms. The molecule has 3 unspecified atom stereocenters. The highest BCUT2D eigenvalue weighted by Gasteiger charge is 2.33. The Kier molecular flexibility index (Phi) is 2.89. The molecule has 13 heavy (non-hydrogen) atoms. The molecule has 1 saturated carbocycles. The molecular formula is C11H22N2. The van der Waals surface area contributed by atoms with E-state index < -0.39 is 0 Å². The third-order valence-corrected chi connectivity index (χ3v) is 3.94. The molecular weight excluding hydrogens is 160 g/mol. The largest absolute Gasteiger partial charge is 0.330 e. The molecule has 1 aliphatic carbocycles. The number of nitrogens with two attached hydrogens (primary N) is 1. The smallest absolute Gasteiger partial charge is 0.0121 e. The zero-order valence-corrected chi connectivity index (χ0v) is 8.71. The summed E-state index contributed by atoms with van der Waals surface area (Å²) in [6.45, 7) is 5.87. The third-order valence-electron chi connectivity index (χ3n) is 3.94. The molecule has 0 amide bonds. The number of nitrogens with zero attached hydrogens (tertiary/aromatic N) is 1. The second kappa shape index (κ2) is 3.97. The van der Waals surface area contributed by atoms with Crippen molar-refractivity contribution in [2.24, 2.45) is 17.6 Å². The van der Waals surface area contributed by atoms with Crippen LogP contribution in [0.4, 0.5) is 0 Å². The van der Waals surface area contributed by atoms with Gasteiger partial charge in [-0.1, -0.05) is 13.3 Å². The van der Waals surface area contributed by atoms with Crippen LogP contribution in [0.25, 0.3) is 0 Å². The summed E-state index contributed by atoms with van der Waals surface area (Å²) < 4.78 is 0. The van der Waals surface area contributed by atoms with Crippen molar-refractivity contribution < 1.29 is 0 Å². The predicted octanol–water partition coefficient (Wildman–Crippen LogP) is 1.46. The first kappa shape index (κ1) is 9.47. The van der Waals surface area contributed by atoms with Crippen molar-refractivity contribution in [3.05, 3.63) is 0 Å². The maximum atomic E-state index is 5.70. The molecule has 0 aromatic rings. The molecule has 2 rings (SSSR count). The van der Waals surface area contributed by atoms with Crippen LogP contribution in [0.2, 0.25) is 0 Å². The number of likely N-dealkylation sites (tertiary alicyclic amines) is 1. The van der Waals surface area contributed by atoms with Gasteiger partial charge in [-0.25, -0.2) is 0 Å². The average molecular weight is 182 g/mol. The van der Waals surface area contributed by atoms with Crippen LogP contribution >= 0.6 is 0 Å². The van der Waals surface area contributed by atoms with Crippen LogP contribution in [0.15, 0.2) is 0 Å². The second-order valence-electron chi connectivity index (χ2n) is 4.86. The van der Waals surface area contributed by atoms with Crippen molar-refractivity contribution in [1.29, 1.82) is 0 Å². The summed E-state index contributed by atoms with van der Waals surface area (Å²) in [5, 5.41) is 0. The minimum absolute atomic E-state index is 0.785. The molecule has 2 nitrogen and oxygen atoms in total. The van der Waals surface area contributed by atoms with E-state index in [0.29, 0.717) is 0 Å². The highest BCUT2D eigenvalue weighted by atomic mass is 15.2. The standard InChI is InChI=1S/C11H22N2/c1-9-3-2-4-11(9)13-6-5-10(7-12)8-13/h9-11H,2-8,12H2,1H3. The molecule has 2 heteroatoms. The van der Waals surface area contributed by atoms with Gasteiger partial charge in [0.15, 0.2) is 0 Å². The van der Waals surface area contributed by atoms with Crippen LogP contribution in [-0.2, 0) is 0 Å². The second-order valence-corrected chi connectivity index (χ2v) is 4.86. The lowest BCUT2D eigenvalue weighted by Crippen LogP contribution is -2.35. The maximum absolute atomic E-state index is 5.70. The van der Waals surface area contributed by atoms with Gasteiger partial charge in [0.25, 0.3) is 0 Å². The third kappa shape index (κ3) is 1.89. The van der Waals surface area contributed by atoms with Crippen LogP contribution < -0.4 is 5.73 Å². The van der Waals surface area contributed by atoms with Crippen molar-refractivity contribution in [3.8, 4) is 0 Å². The number of hydrogen-bond donors (Lipinski definition) is 1. The van der Waals surface area contributed by atoms with Gasteiger partial charge in [-0.3, -0.25) is 4.90 Å². The van der Waals surface area contributed by atoms with Crippen molar-refractivity contribution in [2.75, 3.05) is 19.6 Å². The van der Waals surface area contributed by atoms with E-state index in [-0.39, 0.29) is 0 Å². The Morgan fingerprint density at radius 2 is 2.15 bits per heavy atom. The van der Waals surface area contributed by atoms with Crippen LogP contribution in [0.1, 0.15) is 32.6 Å². The highest BCUT2D eigenvalue weighted by Crippen LogP contribution is 2.32. The molecule has 0 radical (unpaired) electrons. The van der Waals surface area contributed by atoms with Gasteiger partial charge >= 0.3 is 0 Å².